The Morgan fingerprint density at radius 2 is 1.83 bits per heavy atom. The van der Waals surface area contributed by atoms with Crippen molar-refractivity contribution in [2.24, 2.45) is 0 Å². The lowest BCUT2D eigenvalue weighted by Gasteiger charge is -2.43. The lowest BCUT2D eigenvalue weighted by atomic mass is 10.0. The molecule has 106 valence electrons. The summed E-state index contributed by atoms with van der Waals surface area (Å²) in [6.45, 7) is 13.2. The maximum Gasteiger partial charge on any atom is 0.0281 e. The molecule has 2 aliphatic rings. The second kappa shape index (κ2) is 5.87. The fourth-order valence-corrected chi connectivity index (χ4v) is 3.29. The first-order valence-electron chi connectivity index (χ1n) is 7.33. The van der Waals surface area contributed by atoms with E-state index in [1.165, 1.54) is 39.1 Å². The summed E-state index contributed by atoms with van der Waals surface area (Å²) >= 11 is 0. The first-order valence-corrected chi connectivity index (χ1v) is 7.33. The molecule has 1 unspecified atom stereocenters. The van der Waals surface area contributed by atoms with E-state index in [2.05, 4.69) is 48.0 Å². The van der Waals surface area contributed by atoms with Crippen molar-refractivity contribution in [3.8, 4) is 0 Å². The second-order valence-electron chi connectivity index (χ2n) is 6.69. The molecule has 0 saturated carbocycles. The maximum atomic E-state index is 3.44. The highest BCUT2D eigenvalue weighted by molar-refractivity contribution is 4.91. The minimum atomic E-state index is 0.309. The van der Waals surface area contributed by atoms with E-state index in [-0.39, 0.29) is 0 Å². The number of likely N-dealkylation sites (tertiary alicyclic amines) is 1. The third-order valence-electron chi connectivity index (χ3n) is 4.56. The van der Waals surface area contributed by atoms with E-state index in [0.717, 1.165) is 19.1 Å². The first-order chi connectivity index (χ1) is 8.49. The summed E-state index contributed by atoms with van der Waals surface area (Å²) in [5, 5.41) is 3.44. The van der Waals surface area contributed by atoms with Crippen LogP contribution in [0.15, 0.2) is 0 Å². The summed E-state index contributed by atoms with van der Waals surface area (Å²) in [6, 6.07) is 0.754. The van der Waals surface area contributed by atoms with Gasteiger partial charge in [-0.1, -0.05) is 0 Å². The summed E-state index contributed by atoms with van der Waals surface area (Å²) in [4.78, 5) is 7.66. The van der Waals surface area contributed by atoms with Crippen LogP contribution < -0.4 is 5.32 Å². The zero-order valence-corrected chi connectivity index (χ0v) is 12.6. The molecule has 1 atom stereocenters. The van der Waals surface area contributed by atoms with Gasteiger partial charge in [0.2, 0.25) is 0 Å². The zero-order valence-electron chi connectivity index (χ0n) is 12.6. The van der Waals surface area contributed by atoms with Gasteiger partial charge in [0.05, 0.1) is 0 Å². The van der Waals surface area contributed by atoms with Crippen LogP contribution in [0.4, 0.5) is 0 Å². The van der Waals surface area contributed by atoms with Crippen molar-refractivity contribution in [2.45, 2.75) is 31.8 Å². The summed E-state index contributed by atoms with van der Waals surface area (Å²) in [5.41, 5.74) is 0.309. The third kappa shape index (κ3) is 3.44. The van der Waals surface area contributed by atoms with Gasteiger partial charge in [0, 0.05) is 50.8 Å². The topological polar surface area (TPSA) is 21.8 Å². The van der Waals surface area contributed by atoms with Gasteiger partial charge in [-0.3, -0.25) is 9.80 Å². The van der Waals surface area contributed by atoms with Crippen molar-refractivity contribution in [3.63, 3.8) is 0 Å². The average Bonchev–Trinajstić information content (AvgIpc) is 2.78. The lowest BCUT2D eigenvalue weighted by Crippen LogP contribution is -2.57. The van der Waals surface area contributed by atoms with Gasteiger partial charge < -0.3 is 10.2 Å². The van der Waals surface area contributed by atoms with Gasteiger partial charge in [0.1, 0.15) is 0 Å². The average molecular weight is 254 g/mol. The van der Waals surface area contributed by atoms with Crippen LogP contribution >= 0.6 is 0 Å². The molecular weight excluding hydrogens is 224 g/mol. The standard InChI is InChI=1S/C14H30N4/c1-14(2,18-9-6-15-7-10-18)12-17-8-5-13(11-17)16(3)4/h13,15H,5-12H2,1-4H3. The molecule has 0 radical (unpaired) electrons. The van der Waals surface area contributed by atoms with Gasteiger partial charge in [-0.05, 0) is 40.9 Å². The fourth-order valence-electron chi connectivity index (χ4n) is 3.29. The SMILES string of the molecule is CN(C)C1CCN(CC(C)(C)N2CCNCC2)C1. The fraction of sp³-hybridized carbons (Fsp3) is 1.00. The molecule has 2 heterocycles. The van der Waals surface area contributed by atoms with E-state index >= 15 is 0 Å². The van der Waals surface area contributed by atoms with Crippen LogP contribution in [-0.2, 0) is 0 Å². The van der Waals surface area contributed by atoms with Gasteiger partial charge in [-0.2, -0.15) is 0 Å². The van der Waals surface area contributed by atoms with Crippen molar-refractivity contribution in [3.05, 3.63) is 0 Å². The molecule has 0 aliphatic carbocycles. The number of nitrogens with zero attached hydrogens (tertiary/aromatic N) is 3. The largest absolute Gasteiger partial charge is 0.314 e. The van der Waals surface area contributed by atoms with Crippen LogP contribution in [0.5, 0.6) is 0 Å². The summed E-state index contributed by atoms with van der Waals surface area (Å²) in [7, 11) is 4.41. The van der Waals surface area contributed by atoms with Crippen molar-refractivity contribution < 1.29 is 0 Å². The Labute approximate surface area is 112 Å². The van der Waals surface area contributed by atoms with Gasteiger partial charge in [-0.15, -0.1) is 0 Å². The molecule has 2 saturated heterocycles. The molecule has 2 aliphatic heterocycles. The van der Waals surface area contributed by atoms with E-state index in [1.807, 2.05) is 0 Å². The molecule has 18 heavy (non-hydrogen) atoms. The van der Waals surface area contributed by atoms with Crippen LogP contribution in [0.1, 0.15) is 20.3 Å². The summed E-state index contributed by atoms with van der Waals surface area (Å²) in [5.74, 6) is 0. The van der Waals surface area contributed by atoms with Gasteiger partial charge in [0.15, 0.2) is 0 Å². The Morgan fingerprint density at radius 1 is 1.17 bits per heavy atom. The molecule has 0 aromatic carbocycles. The number of rotatable bonds is 4. The van der Waals surface area contributed by atoms with E-state index in [9.17, 15) is 0 Å². The highest BCUT2D eigenvalue weighted by Gasteiger charge is 2.33. The molecule has 4 nitrogen and oxygen atoms in total. The van der Waals surface area contributed by atoms with Gasteiger partial charge in [0.25, 0.3) is 0 Å². The van der Waals surface area contributed by atoms with Gasteiger partial charge >= 0.3 is 0 Å². The molecule has 0 aromatic heterocycles. The summed E-state index contributed by atoms with van der Waals surface area (Å²) in [6.07, 6.45) is 1.32. The van der Waals surface area contributed by atoms with Crippen LogP contribution in [0.3, 0.4) is 0 Å². The molecule has 2 fully saturated rings. The molecule has 0 aromatic rings. The zero-order chi connectivity index (χ0) is 13.2. The highest BCUT2D eigenvalue weighted by atomic mass is 15.3. The van der Waals surface area contributed by atoms with E-state index < -0.39 is 0 Å². The van der Waals surface area contributed by atoms with Gasteiger partial charge in [-0.25, -0.2) is 0 Å². The number of hydrogen-bond donors (Lipinski definition) is 1. The molecule has 0 amide bonds. The second-order valence-corrected chi connectivity index (χ2v) is 6.69. The maximum absolute atomic E-state index is 3.44. The van der Waals surface area contributed by atoms with Crippen molar-refractivity contribution in [2.75, 3.05) is 59.9 Å². The Bertz CT molecular complexity index is 259. The Morgan fingerprint density at radius 3 is 2.39 bits per heavy atom. The third-order valence-corrected chi connectivity index (χ3v) is 4.56. The van der Waals surface area contributed by atoms with Crippen molar-refractivity contribution in [1.29, 1.82) is 0 Å². The number of hydrogen-bond acceptors (Lipinski definition) is 4. The molecule has 0 spiro atoms. The number of piperazine rings is 1. The van der Waals surface area contributed by atoms with E-state index in [4.69, 9.17) is 0 Å². The normalized spacial score (nSPS) is 28.2. The van der Waals surface area contributed by atoms with Crippen LogP contribution in [0.2, 0.25) is 0 Å². The molecular formula is C14H30N4. The predicted molar refractivity (Wildman–Crippen MR) is 77.1 cm³/mol. The van der Waals surface area contributed by atoms with E-state index in [1.54, 1.807) is 0 Å². The molecule has 1 N–H and O–H groups in total. The minimum Gasteiger partial charge on any atom is -0.314 e. The monoisotopic (exact) mass is 254 g/mol. The van der Waals surface area contributed by atoms with E-state index in [0.29, 0.717) is 5.54 Å². The summed E-state index contributed by atoms with van der Waals surface area (Å²) < 4.78 is 0. The van der Waals surface area contributed by atoms with Crippen LogP contribution in [0.25, 0.3) is 0 Å². The Kier molecular flexibility index (Phi) is 4.64. The predicted octanol–water partition coefficient (Wildman–Crippen LogP) is 0.306. The number of likely N-dealkylation sites (N-methyl/N-ethyl adjacent to an activating group) is 1. The first kappa shape index (κ1) is 14.3. The van der Waals surface area contributed by atoms with Crippen LogP contribution in [0, 0.1) is 0 Å². The van der Waals surface area contributed by atoms with Crippen molar-refractivity contribution >= 4 is 0 Å². The molecule has 2 rings (SSSR count). The Hall–Kier alpha value is -0.160. The minimum absolute atomic E-state index is 0.309. The van der Waals surface area contributed by atoms with Crippen LogP contribution in [-0.4, -0.2) is 86.2 Å². The smallest absolute Gasteiger partial charge is 0.0281 e. The highest BCUT2D eigenvalue weighted by Crippen LogP contribution is 2.21. The lowest BCUT2D eigenvalue weighted by molar-refractivity contribution is 0.0689. The Balaban J connectivity index is 1.84. The van der Waals surface area contributed by atoms with Crippen molar-refractivity contribution in [1.82, 2.24) is 20.0 Å². The quantitative estimate of drug-likeness (QED) is 0.779. The molecule has 4 heteroatoms. The molecule has 0 bridgehead atoms. The number of nitrogens with one attached hydrogen (secondary N) is 1.